The molecule has 0 amide bonds. The summed E-state index contributed by atoms with van der Waals surface area (Å²) in [6.07, 6.45) is 4.52. The van der Waals surface area contributed by atoms with Crippen LogP contribution in [0.3, 0.4) is 0 Å². The third kappa shape index (κ3) is 5.08. The van der Waals surface area contributed by atoms with E-state index in [0.717, 1.165) is 10.5 Å². The Morgan fingerprint density at radius 3 is 2.71 bits per heavy atom. The number of hydrogen-bond acceptors (Lipinski definition) is 6. The van der Waals surface area contributed by atoms with Crippen LogP contribution in [0.5, 0.6) is 0 Å². The van der Waals surface area contributed by atoms with Gasteiger partial charge in [0.15, 0.2) is 10.6 Å². The molecule has 1 fully saturated rings. The van der Waals surface area contributed by atoms with Crippen LogP contribution in [0.25, 0.3) is 0 Å². The first-order chi connectivity index (χ1) is 13.2. The zero-order valence-electron chi connectivity index (χ0n) is 17.0. The molecule has 0 saturated heterocycles. The molecule has 1 N–H and O–H groups in total. The zero-order chi connectivity index (χ0) is 20.4. The molecule has 0 bridgehead atoms. The third-order valence-electron chi connectivity index (χ3n) is 5.03. The minimum Gasteiger partial charge on any atom is -0.460 e. The molecule has 0 aromatic carbocycles. The second kappa shape index (κ2) is 8.17. The lowest BCUT2D eigenvalue weighted by molar-refractivity contribution is -0.171. The molecule has 0 atom stereocenters. The third-order valence-corrected chi connectivity index (χ3v) is 5.87. The van der Waals surface area contributed by atoms with Crippen molar-refractivity contribution in [2.24, 2.45) is 17.5 Å². The van der Waals surface area contributed by atoms with Gasteiger partial charge >= 0.3 is 5.97 Å². The number of pyridine rings is 1. The van der Waals surface area contributed by atoms with Gasteiger partial charge in [0.2, 0.25) is 0 Å². The quantitative estimate of drug-likeness (QED) is 0.793. The predicted molar refractivity (Wildman–Crippen MR) is 109 cm³/mol. The van der Waals surface area contributed by atoms with Crippen LogP contribution in [0.2, 0.25) is 0 Å². The Labute approximate surface area is 169 Å². The number of esters is 1. The molecule has 7 heteroatoms. The van der Waals surface area contributed by atoms with Gasteiger partial charge in [0, 0.05) is 30.7 Å². The van der Waals surface area contributed by atoms with Crippen molar-refractivity contribution in [3.63, 3.8) is 0 Å². The lowest BCUT2D eigenvalue weighted by Gasteiger charge is -2.38. The lowest BCUT2D eigenvalue weighted by atomic mass is 9.70. The van der Waals surface area contributed by atoms with E-state index >= 15 is 0 Å². The lowest BCUT2D eigenvalue weighted by Crippen LogP contribution is -2.43. The summed E-state index contributed by atoms with van der Waals surface area (Å²) < 4.78 is 7.69. The van der Waals surface area contributed by atoms with E-state index in [2.05, 4.69) is 9.98 Å². The number of aromatic nitrogens is 2. The first kappa shape index (κ1) is 20.7. The number of rotatable bonds is 4. The molecule has 2 aromatic rings. The van der Waals surface area contributed by atoms with Crippen molar-refractivity contribution < 1.29 is 14.6 Å². The monoisotopic (exact) mass is 403 g/mol. The smallest absolute Gasteiger partial charge is 0.312 e. The second-order valence-electron chi connectivity index (χ2n) is 8.59. The summed E-state index contributed by atoms with van der Waals surface area (Å²) >= 11 is 1.55. The Morgan fingerprint density at radius 1 is 1.39 bits per heavy atom. The number of aliphatic hydroxyl groups excluding tert-OH is 1. The van der Waals surface area contributed by atoms with Gasteiger partial charge in [-0.25, -0.2) is 9.98 Å². The molecule has 2 heterocycles. The minimum absolute atomic E-state index is 0.194. The Morgan fingerprint density at radius 2 is 2.11 bits per heavy atom. The molecule has 1 aliphatic rings. The highest BCUT2D eigenvalue weighted by molar-refractivity contribution is 7.07. The number of carbonyl (C=O) groups excluding carboxylic acids is 1. The summed E-state index contributed by atoms with van der Waals surface area (Å²) in [6, 6.07) is 5.73. The largest absolute Gasteiger partial charge is 0.460 e. The normalized spacial score (nSPS) is 23.6. The van der Waals surface area contributed by atoms with E-state index in [1.807, 2.05) is 62.2 Å². The molecule has 28 heavy (non-hydrogen) atoms. The van der Waals surface area contributed by atoms with Crippen LogP contribution >= 0.6 is 11.3 Å². The van der Waals surface area contributed by atoms with Crippen molar-refractivity contribution in [3.05, 3.63) is 40.3 Å². The number of carbonyl (C=O) groups is 1. The van der Waals surface area contributed by atoms with Crippen LogP contribution in [0.1, 0.15) is 52.1 Å². The average Bonchev–Trinajstić information content (AvgIpc) is 3.01. The molecular weight excluding hydrogens is 374 g/mol. The van der Waals surface area contributed by atoms with E-state index in [1.54, 1.807) is 11.3 Å². The molecule has 3 rings (SSSR count). The molecular formula is C21H29N3O3S. The topological polar surface area (TPSA) is 76.7 Å². The van der Waals surface area contributed by atoms with E-state index in [9.17, 15) is 9.90 Å². The molecule has 0 radical (unpaired) electrons. The number of aliphatic hydroxyl groups is 1. The van der Waals surface area contributed by atoms with Crippen molar-refractivity contribution in [1.82, 2.24) is 9.55 Å². The number of aryl methyl sites for hydroxylation is 1. The van der Waals surface area contributed by atoms with Gasteiger partial charge in [0.05, 0.1) is 11.5 Å². The highest BCUT2D eigenvalue weighted by Gasteiger charge is 2.44. The molecule has 2 aromatic heterocycles. The van der Waals surface area contributed by atoms with E-state index in [0.29, 0.717) is 37.9 Å². The van der Waals surface area contributed by atoms with Crippen molar-refractivity contribution in [2.45, 2.75) is 64.6 Å². The molecule has 0 aliphatic heterocycles. The van der Waals surface area contributed by atoms with Gasteiger partial charge in [-0.05, 0) is 58.6 Å². The van der Waals surface area contributed by atoms with Crippen LogP contribution < -0.4 is 4.80 Å². The highest BCUT2D eigenvalue weighted by atomic mass is 32.1. The second-order valence-corrected chi connectivity index (χ2v) is 9.46. The Balaban J connectivity index is 1.88. The maximum atomic E-state index is 13.1. The van der Waals surface area contributed by atoms with Gasteiger partial charge in [-0.15, -0.1) is 11.3 Å². The summed E-state index contributed by atoms with van der Waals surface area (Å²) in [7, 11) is 1.95. The Kier molecular flexibility index (Phi) is 6.05. The first-order valence-corrected chi connectivity index (χ1v) is 10.6. The average molecular weight is 404 g/mol. The van der Waals surface area contributed by atoms with Gasteiger partial charge < -0.3 is 14.4 Å². The van der Waals surface area contributed by atoms with Gasteiger partial charge in [0.1, 0.15) is 5.60 Å². The van der Waals surface area contributed by atoms with Gasteiger partial charge in [0.25, 0.3) is 0 Å². The highest BCUT2D eigenvalue weighted by Crippen LogP contribution is 2.41. The number of nitrogens with zero attached hydrogens (tertiary/aromatic N) is 3. The van der Waals surface area contributed by atoms with Gasteiger partial charge in [-0.3, -0.25) is 4.79 Å². The fraction of sp³-hybridized carbons (Fsp3) is 0.571. The predicted octanol–water partition coefficient (Wildman–Crippen LogP) is 3.52. The van der Waals surface area contributed by atoms with E-state index in [4.69, 9.17) is 4.74 Å². The number of hydrogen-bond donors (Lipinski definition) is 1. The van der Waals surface area contributed by atoms with Crippen molar-refractivity contribution in [1.29, 1.82) is 0 Å². The fourth-order valence-electron chi connectivity index (χ4n) is 3.50. The molecule has 0 unspecified atom stereocenters. The molecule has 152 valence electrons. The van der Waals surface area contributed by atoms with Gasteiger partial charge in [-0.2, -0.15) is 0 Å². The van der Waals surface area contributed by atoms with E-state index < -0.39 is 11.0 Å². The maximum absolute atomic E-state index is 13.1. The molecule has 1 saturated carbocycles. The summed E-state index contributed by atoms with van der Waals surface area (Å²) in [6.45, 7) is 5.65. The van der Waals surface area contributed by atoms with Crippen molar-refractivity contribution in [3.8, 4) is 0 Å². The van der Waals surface area contributed by atoms with Crippen LogP contribution in [0, 0.1) is 5.41 Å². The SMILES string of the molecule is Cn1ccs/c1=N\c1cccc(C[C@]2(C(=O)OC(C)(C)C)CC[C@@H](O)CC2)n1. The molecule has 0 spiro atoms. The van der Waals surface area contributed by atoms with E-state index in [-0.39, 0.29) is 12.1 Å². The van der Waals surface area contributed by atoms with E-state index in [1.165, 1.54) is 0 Å². The number of thiazole rings is 1. The first-order valence-electron chi connectivity index (χ1n) is 9.69. The standard InChI is InChI=1S/C21H29N3O3S/c1-20(2,3)27-18(26)21(10-8-16(25)9-11-21)14-15-6-5-7-17(22-15)23-19-24(4)12-13-28-19/h5-7,12-13,16,25H,8-11,14H2,1-4H3/b23-19-/t16-,21+. The van der Waals surface area contributed by atoms with Crippen LogP contribution in [-0.4, -0.2) is 32.3 Å². The summed E-state index contributed by atoms with van der Waals surface area (Å²) in [4.78, 5) is 23.2. The maximum Gasteiger partial charge on any atom is 0.312 e. The fourth-order valence-corrected chi connectivity index (χ4v) is 4.24. The van der Waals surface area contributed by atoms with Crippen LogP contribution in [-0.2, 0) is 23.0 Å². The molecule has 1 aliphatic carbocycles. The van der Waals surface area contributed by atoms with Crippen LogP contribution in [0.15, 0.2) is 34.8 Å². The summed E-state index contributed by atoms with van der Waals surface area (Å²) in [5.74, 6) is 0.437. The van der Waals surface area contributed by atoms with Gasteiger partial charge in [-0.1, -0.05) is 6.07 Å². The zero-order valence-corrected chi connectivity index (χ0v) is 17.8. The summed E-state index contributed by atoms with van der Waals surface area (Å²) in [5.41, 5.74) is -0.368. The van der Waals surface area contributed by atoms with Crippen molar-refractivity contribution >= 4 is 23.1 Å². The minimum atomic E-state index is -0.647. The van der Waals surface area contributed by atoms with Crippen molar-refractivity contribution in [2.75, 3.05) is 0 Å². The van der Waals surface area contributed by atoms with Crippen LogP contribution in [0.4, 0.5) is 5.82 Å². The summed E-state index contributed by atoms with van der Waals surface area (Å²) in [5, 5.41) is 11.9. The Hall–Kier alpha value is -1.99. The molecule has 6 nitrogen and oxygen atoms in total. The Bertz CT molecular complexity index is 887. The number of ether oxygens (including phenoxy) is 1.